The Bertz CT molecular complexity index is 1280. The number of hydrogen-bond donors (Lipinski definition) is 1. The van der Waals surface area contributed by atoms with Crippen molar-refractivity contribution in [2.75, 3.05) is 13.7 Å². The molecule has 0 unspecified atom stereocenters. The first-order valence-electron chi connectivity index (χ1n) is 9.93. The van der Waals surface area contributed by atoms with Crippen molar-refractivity contribution in [1.29, 1.82) is 0 Å². The number of azo groups is 1. The maximum absolute atomic E-state index is 12.0. The molecule has 10 heteroatoms. The molecule has 0 saturated carbocycles. The summed E-state index contributed by atoms with van der Waals surface area (Å²) in [5.74, 6) is -0.648. The van der Waals surface area contributed by atoms with Gasteiger partial charge in [0.05, 0.1) is 29.7 Å². The number of rotatable bonds is 4. The Morgan fingerprint density at radius 2 is 2.09 bits per heavy atom. The van der Waals surface area contributed by atoms with Gasteiger partial charge in [0, 0.05) is 17.0 Å². The molecule has 0 fully saturated rings. The average molecular weight is 455 g/mol. The number of nitrogens with zero attached hydrogens (tertiary/aromatic N) is 4. The van der Waals surface area contributed by atoms with Crippen molar-refractivity contribution in [3.8, 4) is 11.6 Å². The molecule has 2 aliphatic heterocycles. The number of esters is 1. The van der Waals surface area contributed by atoms with Gasteiger partial charge in [0.1, 0.15) is 5.75 Å². The van der Waals surface area contributed by atoms with E-state index in [-0.39, 0.29) is 21.6 Å². The van der Waals surface area contributed by atoms with Crippen molar-refractivity contribution < 1.29 is 24.2 Å². The molecule has 0 atom stereocenters. The second-order valence-corrected chi connectivity index (χ2v) is 8.83. The lowest BCUT2D eigenvalue weighted by Gasteiger charge is -2.31. The molecule has 0 spiro atoms. The molecule has 4 rings (SSSR count). The molecule has 0 bridgehead atoms. The van der Waals surface area contributed by atoms with Crippen LogP contribution in [0.1, 0.15) is 33.3 Å². The number of methoxy groups -OCH3 is 1. The summed E-state index contributed by atoms with van der Waals surface area (Å²) < 4.78 is 12.1. The first kappa shape index (κ1) is 21.8. The van der Waals surface area contributed by atoms with Gasteiger partial charge in [-0.3, -0.25) is 4.79 Å². The van der Waals surface area contributed by atoms with Crippen LogP contribution in [0.25, 0.3) is 16.5 Å². The summed E-state index contributed by atoms with van der Waals surface area (Å²) in [4.78, 5) is 27.3. The Morgan fingerprint density at radius 1 is 1.34 bits per heavy atom. The number of aromatic nitrogens is 1. The van der Waals surface area contributed by atoms with Crippen LogP contribution < -0.4 is 4.74 Å². The average Bonchev–Trinajstić information content (AvgIpc) is 3.21. The zero-order valence-electron chi connectivity index (χ0n) is 18.3. The predicted octanol–water partition coefficient (Wildman–Crippen LogP) is 4.67. The minimum absolute atomic E-state index is 0.0485. The topological polar surface area (TPSA) is 115 Å². The standard InChI is InChI=1S/C22H22N4O5S/c1-6-31-12-7-13-11(2)10-22(3,4)26-18(13)14(8-12)17(20(26)29)24-25-21-23-19(28)15(32-21)9-16(27)30-5/h7-10,29H,6H2,1-5H3. The number of thioether (sulfide) groups is 1. The summed E-state index contributed by atoms with van der Waals surface area (Å²) in [7, 11) is 1.22. The highest BCUT2D eigenvalue weighted by molar-refractivity contribution is 8.18. The minimum Gasteiger partial charge on any atom is -0.494 e. The molecular formula is C22H22N4O5S. The lowest BCUT2D eigenvalue weighted by Crippen LogP contribution is -2.26. The molecule has 3 heterocycles. The van der Waals surface area contributed by atoms with E-state index in [9.17, 15) is 14.7 Å². The van der Waals surface area contributed by atoms with E-state index in [0.717, 1.165) is 34.5 Å². The van der Waals surface area contributed by atoms with Crippen molar-refractivity contribution in [3.63, 3.8) is 0 Å². The van der Waals surface area contributed by atoms with Crippen molar-refractivity contribution in [3.05, 3.63) is 34.8 Å². The van der Waals surface area contributed by atoms with Gasteiger partial charge in [-0.15, -0.1) is 10.2 Å². The molecule has 32 heavy (non-hydrogen) atoms. The summed E-state index contributed by atoms with van der Waals surface area (Å²) >= 11 is 0.909. The molecule has 1 amide bonds. The van der Waals surface area contributed by atoms with E-state index in [1.165, 1.54) is 7.11 Å². The highest BCUT2D eigenvalue weighted by Crippen LogP contribution is 2.49. The van der Waals surface area contributed by atoms with E-state index in [1.807, 2.05) is 44.4 Å². The summed E-state index contributed by atoms with van der Waals surface area (Å²) in [6.45, 7) is 8.40. The molecule has 166 valence electrons. The molecule has 2 aromatic rings. The highest BCUT2D eigenvalue weighted by atomic mass is 32.2. The van der Waals surface area contributed by atoms with Crippen LogP contribution >= 0.6 is 11.8 Å². The first-order chi connectivity index (χ1) is 15.2. The maximum Gasteiger partial charge on any atom is 0.331 e. The number of allylic oxidation sites excluding steroid dienone is 2. The van der Waals surface area contributed by atoms with Gasteiger partial charge in [-0.2, -0.15) is 4.99 Å². The Labute approximate surface area is 188 Å². The molecule has 2 aliphatic rings. The number of hydrogen-bond acceptors (Lipinski definition) is 8. The summed E-state index contributed by atoms with van der Waals surface area (Å²) in [5, 5.41) is 20.1. The largest absolute Gasteiger partial charge is 0.494 e. The monoisotopic (exact) mass is 454 g/mol. The second kappa shape index (κ2) is 7.94. The van der Waals surface area contributed by atoms with Gasteiger partial charge < -0.3 is 19.1 Å². The Morgan fingerprint density at radius 3 is 2.78 bits per heavy atom. The smallest absolute Gasteiger partial charge is 0.331 e. The molecule has 1 N–H and O–H groups in total. The van der Waals surface area contributed by atoms with Crippen molar-refractivity contribution in [2.24, 2.45) is 15.2 Å². The second-order valence-electron chi connectivity index (χ2n) is 7.82. The molecule has 1 aromatic heterocycles. The third-order valence-electron chi connectivity index (χ3n) is 5.16. The number of benzene rings is 1. The number of aliphatic imine (C=N–C) groups is 1. The Kier molecular flexibility index (Phi) is 5.41. The van der Waals surface area contributed by atoms with Gasteiger partial charge in [0.15, 0.2) is 5.69 Å². The van der Waals surface area contributed by atoms with E-state index < -0.39 is 17.4 Å². The van der Waals surface area contributed by atoms with Crippen LogP contribution in [0.4, 0.5) is 5.69 Å². The van der Waals surface area contributed by atoms with Gasteiger partial charge in [-0.25, -0.2) is 4.79 Å². The van der Waals surface area contributed by atoms with E-state index in [1.54, 1.807) is 0 Å². The van der Waals surface area contributed by atoms with Crippen LogP contribution in [0, 0.1) is 0 Å². The quantitative estimate of drug-likeness (QED) is 0.408. The number of amidine groups is 1. The molecule has 0 saturated heterocycles. The van der Waals surface area contributed by atoms with Crippen LogP contribution in [-0.4, -0.2) is 40.4 Å². The lowest BCUT2D eigenvalue weighted by molar-refractivity contribution is -0.135. The maximum atomic E-state index is 12.0. The molecule has 0 radical (unpaired) electrons. The van der Waals surface area contributed by atoms with Crippen molar-refractivity contribution in [1.82, 2.24) is 4.57 Å². The fourth-order valence-electron chi connectivity index (χ4n) is 3.94. The number of carbonyl (C=O) groups excluding carboxylic acids is 2. The third kappa shape index (κ3) is 3.60. The molecular weight excluding hydrogens is 432 g/mol. The van der Waals surface area contributed by atoms with Crippen LogP contribution in [-0.2, 0) is 19.9 Å². The zero-order chi connectivity index (χ0) is 23.2. The van der Waals surface area contributed by atoms with Gasteiger partial charge in [0.25, 0.3) is 5.91 Å². The van der Waals surface area contributed by atoms with Crippen LogP contribution in [0.3, 0.4) is 0 Å². The number of amides is 1. The molecule has 1 aromatic carbocycles. The van der Waals surface area contributed by atoms with E-state index in [2.05, 4.69) is 26.0 Å². The van der Waals surface area contributed by atoms with Crippen LogP contribution in [0.2, 0.25) is 0 Å². The number of ether oxygens (including phenoxy) is 2. The van der Waals surface area contributed by atoms with Crippen LogP contribution in [0.15, 0.2) is 44.4 Å². The zero-order valence-corrected chi connectivity index (χ0v) is 19.1. The summed E-state index contributed by atoms with van der Waals surface area (Å²) in [6.07, 6.45) is 3.13. The first-order valence-corrected chi connectivity index (χ1v) is 10.7. The van der Waals surface area contributed by atoms with E-state index in [4.69, 9.17) is 4.74 Å². The Balaban J connectivity index is 1.81. The normalized spacial score (nSPS) is 18.4. The molecule has 9 nitrogen and oxygen atoms in total. The fourth-order valence-corrected chi connectivity index (χ4v) is 4.64. The van der Waals surface area contributed by atoms with Crippen molar-refractivity contribution >= 4 is 51.0 Å². The summed E-state index contributed by atoms with van der Waals surface area (Å²) in [5.41, 5.74) is 2.59. The highest BCUT2D eigenvalue weighted by Gasteiger charge is 2.33. The SMILES string of the molecule is CCOc1cc2c3c(c1)c(N=NC1=NC(=O)C(=CC(=O)OC)S1)c(O)n3C(C)(C)C=C2C. The predicted molar refractivity (Wildman–Crippen MR) is 122 cm³/mol. The number of carbonyl (C=O) groups is 2. The fraction of sp³-hybridized carbons (Fsp3) is 0.318. The third-order valence-corrected chi connectivity index (χ3v) is 6.03. The van der Waals surface area contributed by atoms with Gasteiger partial charge in [-0.1, -0.05) is 6.08 Å². The van der Waals surface area contributed by atoms with E-state index >= 15 is 0 Å². The number of aromatic hydroxyl groups is 1. The van der Waals surface area contributed by atoms with Crippen LogP contribution in [0.5, 0.6) is 11.6 Å². The van der Waals surface area contributed by atoms with Crippen molar-refractivity contribution in [2.45, 2.75) is 33.2 Å². The molecule has 0 aliphatic carbocycles. The minimum atomic E-state index is -0.658. The van der Waals surface area contributed by atoms with Gasteiger partial charge in [-0.05, 0) is 57.2 Å². The Hall–Kier alpha value is -3.40. The van der Waals surface area contributed by atoms with Gasteiger partial charge >= 0.3 is 5.97 Å². The lowest BCUT2D eigenvalue weighted by atomic mass is 9.92. The van der Waals surface area contributed by atoms with E-state index in [0.29, 0.717) is 17.7 Å². The van der Waals surface area contributed by atoms with Gasteiger partial charge in [0.2, 0.25) is 11.0 Å². The summed E-state index contributed by atoms with van der Waals surface area (Å²) in [6, 6.07) is 3.77.